The molecule has 20 heavy (non-hydrogen) atoms. The number of hydrogen-bond acceptors (Lipinski definition) is 8. The van der Waals surface area contributed by atoms with Crippen molar-refractivity contribution in [2.45, 2.75) is 49.8 Å². The average molecular weight is 334 g/mol. The molecule has 0 amide bonds. The van der Waals surface area contributed by atoms with Crippen molar-refractivity contribution >= 4 is 19.7 Å². The summed E-state index contributed by atoms with van der Waals surface area (Å²) in [6.45, 7) is 3.52. The molecule has 0 rings (SSSR count). The lowest BCUT2D eigenvalue weighted by molar-refractivity contribution is -0.0960. The molecule has 10 heteroatoms. The first-order valence-electron chi connectivity index (χ1n) is 6.07. The molecule has 0 aromatic carbocycles. The molecule has 0 spiro atoms. The minimum atomic E-state index is -4.22. The predicted octanol–water partition coefficient (Wildman–Crippen LogP) is -2.35. The first-order chi connectivity index (χ1) is 8.92. The molecule has 8 nitrogen and oxygen atoms in total. The molecule has 0 heterocycles. The minimum absolute atomic E-state index is 0.550. The standard InChI is InChI=1S/C10H22O8S2/c1-4-19(15,16)10(20(17,18)5-2)9(14)8(13)7(12)6(3)11/h6-14H,4-5H2,1-3H3/t6-,7+,8+,9-/m0/s1. The van der Waals surface area contributed by atoms with Crippen LogP contribution in [0.2, 0.25) is 0 Å². The Hall–Kier alpha value is -0.260. The summed E-state index contributed by atoms with van der Waals surface area (Å²) in [5, 5.41) is 38.1. The van der Waals surface area contributed by atoms with Gasteiger partial charge in [0.15, 0.2) is 24.3 Å². The van der Waals surface area contributed by atoms with Crippen LogP contribution in [0.4, 0.5) is 0 Å². The number of hydrogen-bond donors (Lipinski definition) is 4. The number of aliphatic hydroxyl groups excluding tert-OH is 4. The SMILES string of the molecule is CCS(=O)(=O)C([C@@H](O)[C@H](O)[C@H](O)[C@H](C)O)S(=O)(=O)CC. The van der Waals surface area contributed by atoms with Gasteiger partial charge < -0.3 is 20.4 Å². The highest BCUT2D eigenvalue weighted by molar-refractivity contribution is 8.09. The van der Waals surface area contributed by atoms with Crippen LogP contribution in [-0.2, 0) is 19.7 Å². The Balaban J connectivity index is 5.70. The van der Waals surface area contributed by atoms with Crippen molar-refractivity contribution in [2.75, 3.05) is 11.5 Å². The lowest BCUT2D eigenvalue weighted by atomic mass is 10.1. The molecular weight excluding hydrogens is 312 g/mol. The van der Waals surface area contributed by atoms with Gasteiger partial charge in [0, 0.05) is 11.5 Å². The molecular formula is C10H22O8S2. The van der Waals surface area contributed by atoms with Gasteiger partial charge in [0.25, 0.3) is 0 Å². The third kappa shape index (κ3) is 4.37. The zero-order valence-electron chi connectivity index (χ0n) is 11.5. The van der Waals surface area contributed by atoms with Gasteiger partial charge in [-0.25, -0.2) is 16.8 Å². The Morgan fingerprint density at radius 1 is 0.750 bits per heavy atom. The summed E-state index contributed by atoms with van der Waals surface area (Å²) in [5.74, 6) is -1.10. The topological polar surface area (TPSA) is 149 Å². The van der Waals surface area contributed by atoms with Crippen molar-refractivity contribution in [2.24, 2.45) is 0 Å². The van der Waals surface area contributed by atoms with Gasteiger partial charge in [-0.2, -0.15) is 0 Å². The van der Waals surface area contributed by atoms with Crippen molar-refractivity contribution in [3.63, 3.8) is 0 Å². The van der Waals surface area contributed by atoms with Gasteiger partial charge in [-0.3, -0.25) is 0 Å². The first-order valence-corrected chi connectivity index (χ1v) is 9.50. The summed E-state index contributed by atoms with van der Waals surface area (Å²) in [5.41, 5.74) is 0. The monoisotopic (exact) mass is 334 g/mol. The third-order valence-corrected chi connectivity index (χ3v) is 8.33. The summed E-state index contributed by atoms with van der Waals surface area (Å²) in [4.78, 5) is 0. The molecule has 122 valence electrons. The van der Waals surface area contributed by atoms with Crippen molar-refractivity contribution in [1.82, 2.24) is 0 Å². The summed E-state index contributed by atoms with van der Waals surface area (Å²) < 4.78 is 45.2. The van der Waals surface area contributed by atoms with Crippen molar-refractivity contribution < 1.29 is 37.3 Å². The molecule has 0 radical (unpaired) electrons. The Morgan fingerprint density at radius 3 is 1.35 bits per heavy atom. The molecule has 0 aliphatic carbocycles. The quantitative estimate of drug-likeness (QED) is 0.385. The van der Waals surface area contributed by atoms with E-state index in [4.69, 9.17) is 5.11 Å². The van der Waals surface area contributed by atoms with Crippen LogP contribution in [0.5, 0.6) is 0 Å². The van der Waals surface area contributed by atoms with Gasteiger partial charge >= 0.3 is 0 Å². The zero-order chi connectivity index (χ0) is 16.3. The number of sulfone groups is 2. The van der Waals surface area contributed by atoms with Gasteiger partial charge in [0.05, 0.1) is 6.10 Å². The molecule has 4 atom stereocenters. The van der Waals surface area contributed by atoms with Crippen LogP contribution in [0.3, 0.4) is 0 Å². The fourth-order valence-electron chi connectivity index (χ4n) is 1.63. The van der Waals surface area contributed by atoms with Crippen LogP contribution in [-0.4, -0.2) is 77.8 Å². The Morgan fingerprint density at radius 2 is 1.10 bits per heavy atom. The summed E-state index contributed by atoms with van der Waals surface area (Å²) in [6.07, 6.45) is -7.70. The van der Waals surface area contributed by atoms with Crippen molar-refractivity contribution in [1.29, 1.82) is 0 Å². The Bertz CT molecular complexity index is 461. The second-order valence-corrected chi connectivity index (χ2v) is 9.60. The van der Waals surface area contributed by atoms with E-state index in [9.17, 15) is 32.2 Å². The molecule has 0 bridgehead atoms. The van der Waals surface area contributed by atoms with Gasteiger partial charge in [-0.1, -0.05) is 13.8 Å². The molecule has 0 aliphatic heterocycles. The molecule has 0 aromatic rings. The fourth-order valence-corrected chi connectivity index (χ4v) is 6.06. The van der Waals surface area contributed by atoms with Gasteiger partial charge in [0.1, 0.15) is 18.3 Å². The first kappa shape index (κ1) is 19.7. The Kier molecular flexibility index (Phi) is 7.05. The van der Waals surface area contributed by atoms with E-state index in [0.717, 1.165) is 6.92 Å². The maximum atomic E-state index is 11.8. The van der Waals surface area contributed by atoms with Crippen molar-refractivity contribution in [3.05, 3.63) is 0 Å². The van der Waals surface area contributed by atoms with E-state index in [1.165, 1.54) is 13.8 Å². The molecule has 0 unspecified atom stereocenters. The van der Waals surface area contributed by atoms with Crippen LogP contribution in [0.25, 0.3) is 0 Å². The van der Waals surface area contributed by atoms with E-state index in [1.807, 2.05) is 0 Å². The van der Waals surface area contributed by atoms with Crippen molar-refractivity contribution in [3.8, 4) is 0 Å². The second kappa shape index (κ2) is 7.14. The fraction of sp³-hybridized carbons (Fsp3) is 1.00. The summed E-state index contributed by atoms with van der Waals surface area (Å²) in [6, 6.07) is 0. The van der Waals surface area contributed by atoms with Crippen LogP contribution >= 0.6 is 0 Å². The van der Waals surface area contributed by atoms with E-state index in [2.05, 4.69) is 0 Å². The van der Waals surface area contributed by atoms with Gasteiger partial charge in [-0.05, 0) is 6.92 Å². The summed E-state index contributed by atoms with van der Waals surface area (Å²) >= 11 is 0. The predicted molar refractivity (Wildman–Crippen MR) is 72.4 cm³/mol. The van der Waals surface area contributed by atoms with E-state index in [0.29, 0.717) is 0 Å². The average Bonchev–Trinajstić information content (AvgIpc) is 2.36. The largest absolute Gasteiger partial charge is 0.391 e. The molecule has 0 saturated heterocycles. The number of aliphatic hydroxyl groups is 4. The second-order valence-electron chi connectivity index (χ2n) is 4.48. The number of rotatable bonds is 8. The van der Waals surface area contributed by atoms with Gasteiger partial charge in [0.2, 0.25) is 0 Å². The summed E-state index contributed by atoms with van der Waals surface area (Å²) in [7, 11) is -8.45. The lowest BCUT2D eigenvalue weighted by Gasteiger charge is -2.29. The maximum Gasteiger partial charge on any atom is 0.191 e. The van der Waals surface area contributed by atoms with E-state index in [-0.39, 0.29) is 0 Å². The van der Waals surface area contributed by atoms with Crippen LogP contribution in [0, 0.1) is 0 Å². The normalized spacial score (nSPS) is 19.6. The molecule has 0 saturated carbocycles. The minimum Gasteiger partial charge on any atom is -0.391 e. The van der Waals surface area contributed by atoms with E-state index in [1.54, 1.807) is 0 Å². The highest BCUT2D eigenvalue weighted by Gasteiger charge is 2.46. The molecule has 0 aromatic heterocycles. The van der Waals surface area contributed by atoms with E-state index >= 15 is 0 Å². The van der Waals surface area contributed by atoms with Crippen LogP contribution < -0.4 is 0 Å². The zero-order valence-corrected chi connectivity index (χ0v) is 13.2. The highest BCUT2D eigenvalue weighted by Crippen LogP contribution is 2.21. The van der Waals surface area contributed by atoms with Crippen LogP contribution in [0.15, 0.2) is 0 Å². The van der Waals surface area contributed by atoms with E-state index < -0.39 is 60.2 Å². The molecule has 4 N–H and O–H groups in total. The Labute approximate surface area is 118 Å². The lowest BCUT2D eigenvalue weighted by Crippen LogP contribution is -2.53. The maximum absolute atomic E-state index is 11.8. The van der Waals surface area contributed by atoms with Crippen LogP contribution in [0.1, 0.15) is 20.8 Å². The molecule has 0 aliphatic rings. The third-order valence-electron chi connectivity index (χ3n) is 2.99. The van der Waals surface area contributed by atoms with Gasteiger partial charge in [-0.15, -0.1) is 0 Å². The molecule has 0 fully saturated rings. The smallest absolute Gasteiger partial charge is 0.191 e. The highest BCUT2D eigenvalue weighted by atomic mass is 32.3.